The summed E-state index contributed by atoms with van der Waals surface area (Å²) in [5.74, 6) is 1.08. The Labute approximate surface area is 206 Å². The van der Waals surface area contributed by atoms with Gasteiger partial charge in [0.15, 0.2) is 17.0 Å². The number of rotatable bonds is 10. The lowest BCUT2D eigenvalue weighted by Crippen LogP contribution is -2.45. The van der Waals surface area contributed by atoms with Crippen molar-refractivity contribution in [3.05, 3.63) is 102 Å². The van der Waals surface area contributed by atoms with Crippen molar-refractivity contribution in [3.63, 3.8) is 0 Å². The van der Waals surface area contributed by atoms with Gasteiger partial charge in [0.05, 0.1) is 13.7 Å². The van der Waals surface area contributed by atoms with E-state index in [-0.39, 0.29) is 11.9 Å². The minimum Gasteiger partial charge on any atom is -0.493 e. The minimum atomic E-state index is -1.22. The van der Waals surface area contributed by atoms with Crippen molar-refractivity contribution in [3.8, 4) is 11.5 Å². The number of allylic oxidation sites excluding steroid dienone is 1. The van der Waals surface area contributed by atoms with Gasteiger partial charge in [0.1, 0.15) is 0 Å². The smallest absolute Gasteiger partial charge is 0.325 e. The molecule has 1 heterocycles. The Kier molecular flexibility index (Phi) is 7.51. The molecular formula is C29H30N2O4. The molecule has 35 heavy (non-hydrogen) atoms. The summed E-state index contributed by atoms with van der Waals surface area (Å²) in [5, 5.41) is 2.98. The SMILES string of the molecule is CC=Cc1ccc(OCCCCN2C(=O)NC(c3ccccc3)(c3ccccc3)C2=O)c(OC)c1. The number of methoxy groups -OCH3 is 1. The zero-order valence-electron chi connectivity index (χ0n) is 20.1. The van der Waals surface area contributed by atoms with Gasteiger partial charge in [-0.15, -0.1) is 0 Å². The second-order valence-corrected chi connectivity index (χ2v) is 8.33. The lowest BCUT2D eigenvalue weighted by molar-refractivity contribution is -0.130. The molecule has 0 spiro atoms. The second-order valence-electron chi connectivity index (χ2n) is 8.33. The van der Waals surface area contributed by atoms with Crippen molar-refractivity contribution in [2.75, 3.05) is 20.3 Å². The van der Waals surface area contributed by atoms with Crippen molar-refractivity contribution in [2.24, 2.45) is 0 Å². The van der Waals surface area contributed by atoms with Crippen molar-refractivity contribution < 1.29 is 19.1 Å². The standard InChI is InChI=1S/C29H30N2O4/c1-3-12-22-17-18-25(26(21-22)34-2)35-20-11-10-19-31-27(32)29(30-28(31)33,23-13-6-4-7-14-23)24-15-8-5-9-16-24/h3-9,12-18,21H,10-11,19-20H2,1-2H3,(H,30,33). The third-order valence-corrected chi connectivity index (χ3v) is 6.10. The maximum atomic E-state index is 13.7. The highest BCUT2D eigenvalue weighted by Gasteiger charge is 2.53. The Balaban J connectivity index is 1.41. The predicted molar refractivity (Wildman–Crippen MR) is 136 cm³/mol. The topological polar surface area (TPSA) is 67.9 Å². The molecule has 3 amide bonds. The number of unbranched alkanes of at least 4 members (excludes halogenated alkanes) is 1. The van der Waals surface area contributed by atoms with Crippen LogP contribution in [0.2, 0.25) is 0 Å². The van der Waals surface area contributed by atoms with Crippen LogP contribution in [0.5, 0.6) is 11.5 Å². The maximum Gasteiger partial charge on any atom is 0.325 e. The van der Waals surface area contributed by atoms with Crippen LogP contribution in [-0.4, -0.2) is 37.1 Å². The van der Waals surface area contributed by atoms with Gasteiger partial charge in [-0.2, -0.15) is 0 Å². The first kappa shape index (κ1) is 24.1. The van der Waals surface area contributed by atoms with Crippen LogP contribution in [0.25, 0.3) is 6.08 Å². The van der Waals surface area contributed by atoms with Gasteiger partial charge < -0.3 is 14.8 Å². The number of nitrogens with zero attached hydrogens (tertiary/aromatic N) is 1. The largest absolute Gasteiger partial charge is 0.493 e. The molecule has 180 valence electrons. The average Bonchev–Trinajstić information content (AvgIpc) is 3.16. The van der Waals surface area contributed by atoms with E-state index in [2.05, 4.69) is 5.32 Å². The Bertz CT molecular complexity index is 1150. The van der Waals surface area contributed by atoms with Crippen molar-refractivity contribution >= 4 is 18.0 Å². The van der Waals surface area contributed by atoms with E-state index >= 15 is 0 Å². The monoisotopic (exact) mass is 470 g/mol. The van der Waals surface area contributed by atoms with Gasteiger partial charge in [0.25, 0.3) is 5.91 Å². The lowest BCUT2D eigenvalue weighted by Gasteiger charge is -2.28. The van der Waals surface area contributed by atoms with Gasteiger partial charge in [0.2, 0.25) is 0 Å². The number of carbonyl (C=O) groups excluding carboxylic acids is 2. The first-order valence-electron chi connectivity index (χ1n) is 11.8. The Morgan fingerprint density at radius 3 is 2.14 bits per heavy atom. The summed E-state index contributed by atoms with van der Waals surface area (Å²) in [7, 11) is 1.62. The summed E-state index contributed by atoms with van der Waals surface area (Å²) < 4.78 is 11.3. The number of amides is 3. The van der Waals surface area contributed by atoms with E-state index < -0.39 is 5.54 Å². The molecule has 3 aromatic rings. The Morgan fingerprint density at radius 1 is 0.886 bits per heavy atom. The number of hydrogen-bond donors (Lipinski definition) is 1. The predicted octanol–water partition coefficient (Wildman–Crippen LogP) is 5.38. The van der Waals surface area contributed by atoms with Crippen LogP contribution in [0.4, 0.5) is 4.79 Å². The van der Waals surface area contributed by atoms with Crippen LogP contribution in [0.15, 0.2) is 84.9 Å². The number of carbonyl (C=O) groups is 2. The third-order valence-electron chi connectivity index (χ3n) is 6.10. The second kappa shape index (κ2) is 10.9. The van der Waals surface area contributed by atoms with Crippen LogP contribution < -0.4 is 14.8 Å². The fourth-order valence-corrected chi connectivity index (χ4v) is 4.37. The average molecular weight is 471 g/mol. The number of hydrogen-bond acceptors (Lipinski definition) is 4. The minimum absolute atomic E-state index is 0.262. The van der Waals surface area contributed by atoms with Crippen molar-refractivity contribution in [2.45, 2.75) is 25.3 Å². The summed E-state index contributed by atoms with van der Waals surface area (Å²) in [6.07, 6.45) is 5.27. The first-order chi connectivity index (χ1) is 17.1. The molecule has 0 saturated carbocycles. The summed E-state index contributed by atoms with van der Waals surface area (Å²) in [6.45, 7) is 2.73. The quantitative estimate of drug-likeness (QED) is 0.319. The Hall–Kier alpha value is -4.06. The number of urea groups is 1. The van der Waals surface area contributed by atoms with Gasteiger partial charge >= 0.3 is 6.03 Å². The van der Waals surface area contributed by atoms with E-state index in [1.165, 1.54) is 4.90 Å². The van der Waals surface area contributed by atoms with Crippen LogP contribution in [0, 0.1) is 0 Å². The molecule has 6 nitrogen and oxygen atoms in total. The van der Waals surface area contributed by atoms with E-state index in [4.69, 9.17) is 9.47 Å². The van der Waals surface area contributed by atoms with Gasteiger partial charge in [-0.3, -0.25) is 9.69 Å². The molecular weight excluding hydrogens is 440 g/mol. The molecule has 0 unspecified atom stereocenters. The molecule has 0 bridgehead atoms. The van der Waals surface area contributed by atoms with E-state index in [1.54, 1.807) is 7.11 Å². The molecule has 1 N–H and O–H groups in total. The number of nitrogens with one attached hydrogen (secondary N) is 1. The zero-order chi connectivity index (χ0) is 24.7. The highest BCUT2D eigenvalue weighted by Crippen LogP contribution is 2.36. The summed E-state index contributed by atoms with van der Waals surface area (Å²) in [4.78, 5) is 27.9. The molecule has 1 aliphatic heterocycles. The summed E-state index contributed by atoms with van der Waals surface area (Å²) >= 11 is 0. The number of ether oxygens (including phenoxy) is 2. The van der Waals surface area contributed by atoms with Crippen LogP contribution in [-0.2, 0) is 10.3 Å². The van der Waals surface area contributed by atoms with Crippen LogP contribution in [0.1, 0.15) is 36.5 Å². The van der Waals surface area contributed by atoms with Crippen LogP contribution >= 0.6 is 0 Å². The van der Waals surface area contributed by atoms with E-state index in [0.29, 0.717) is 37.5 Å². The van der Waals surface area contributed by atoms with Gasteiger partial charge in [-0.05, 0) is 48.6 Å². The van der Waals surface area contributed by atoms with E-state index in [1.807, 2.05) is 97.9 Å². The van der Waals surface area contributed by atoms with Gasteiger partial charge in [0, 0.05) is 6.54 Å². The van der Waals surface area contributed by atoms with E-state index in [9.17, 15) is 9.59 Å². The maximum absolute atomic E-state index is 13.7. The third kappa shape index (κ3) is 4.92. The molecule has 0 atom stereocenters. The zero-order valence-corrected chi connectivity index (χ0v) is 20.1. The lowest BCUT2D eigenvalue weighted by atomic mass is 9.82. The highest BCUT2D eigenvalue weighted by molar-refractivity contribution is 6.09. The normalized spacial score (nSPS) is 14.9. The molecule has 3 aromatic carbocycles. The van der Waals surface area contributed by atoms with Gasteiger partial charge in [-0.1, -0.05) is 78.9 Å². The number of imide groups is 1. The molecule has 1 fully saturated rings. The highest BCUT2D eigenvalue weighted by atomic mass is 16.5. The fraction of sp³-hybridized carbons (Fsp3) is 0.241. The first-order valence-corrected chi connectivity index (χ1v) is 11.8. The molecule has 1 saturated heterocycles. The molecule has 0 radical (unpaired) electrons. The summed E-state index contributed by atoms with van der Waals surface area (Å²) in [5.41, 5.74) is 1.29. The van der Waals surface area contributed by atoms with Crippen molar-refractivity contribution in [1.82, 2.24) is 10.2 Å². The summed E-state index contributed by atoms with van der Waals surface area (Å²) in [6, 6.07) is 24.2. The fourth-order valence-electron chi connectivity index (χ4n) is 4.37. The Morgan fingerprint density at radius 2 is 1.54 bits per heavy atom. The molecule has 4 rings (SSSR count). The van der Waals surface area contributed by atoms with Crippen LogP contribution in [0.3, 0.4) is 0 Å². The van der Waals surface area contributed by atoms with Gasteiger partial charge in [-0.25, -0.2) is 4.79 Å². The van der Waals surface area contributed by atoms with Crippen molar-refractivity contribution in [1.29, 1.82) is 0 Å². The molecule has 1 aliphatic rings. The number of benzene rings is 3. The van der Waals surface area contributed by atoms with E-state index in [0.717, 1.165) is 16.7 Å². The molecule has 0 aliphatic carbocycles. The molecule has 6 heteroatoms. The molecule has 0 aromatic heterocycles.